The third kappa shape index (κ3) is 5.14. The van der Waals surface area contributed by atoms with E-state index in [1.807, 2.05) is 60.7 Å². The maximum Gasteiger partial charge on any atom is 0.339 e. The van der Waals surface area contributed by atoms with Crippen LogP contribution < -0.4 is 4.90 Å². The van der Waals surface area contributed by atoms with Crippen molar-refractivity contribution in [2.45, 2.75) is 25.7 Å². The summed E-state index contributed by atoms with van der Waals surface area (Å²) in [4.78, 5) is 33.0. The first-order chi connectivity index (χ1) is 18.2. The van der Waals surface area contributed by atoms with Crippen molar-refractivity contribution in [3.63, 3.8) is 0 Å². The zero-order valence-corrected chi connectivity index (χ0v) is 20.2. The largest absolute Gasteiger partial charge is 0.465 e. The summed E-state index contributed by atoms with van der Waals surface area (Å²) >= 11 is 0. The van der Waals surface area contributed by atoms with Crippen LogP contribution in [0.3, 0.4) is 0 Å². The van der Waals surface area contributed by atoms with Gasteiger partial charge in [-0.15, -0.1) is 0 Å². The number of pyridine rings is 1. The molecule has 37 heavy (non-hydrogen) atoms. The molecule has 1 aliphatic rings. The number of nitrogens with zero attached hydrogens (tertiary/aromatic N) is 3. The molecule has 7 heteroatoms. The number of anilines is 1. The van der Waals surface area contributed by atoms with Gasteiger partial charge >= 0.3 is 5.97 Å². The molecule has 1 aliphatic carbocycles. The fourth-order valence-electron chi connectivity index (χ4n) is 4.70. The number of furan rings is 1. The van der Waals surface area contributed by atoms with Crippen LogP contribution in [0.25, 0.3) is 22.6 Å². The average Bonchev–Trinajstić information content (AvgIpc) is 3.45. The Morgan fingerprint density at radius 2 is 1.86 bits per heavy atom. The van der Waals surface area contributed by atoms with Gasteiger partial charge in [-0.1, -0.05) is 36.4 Å². The van der Waals surface area contributed by atoms with Crippen LogP contribution in [0.4, 0.5) is 5.69 Å². The summed E-state index contributed by atoms with van der Waals surface area (Å²) in [6, 6.07) is 22.3. The molecule has 2 aromatic heterocycles. The normalized spacial score (nSPS) is 13.6. The number of aromatic nitrogens is 1. The van der Waals surface area contributed by atoms with E-state index in [1.54, 1.807) is 18.4 Å². The number of fused-ring (bicyclic) bond motifs is 2. The number of amides is 1. The Morgan fingerprint density at radius 1 is 1.05 bits per heavy atom. The Balaban J connectivity index is 1.46. The summed E-state index contributed by atoms with van der Waals surface area (Å²) in [6.07, 6.45) is 6.11. The average molecular weight is 492 g/mol. The lowest BCUT2D eigenvalue weighted by atomic mass is 9.86. The lowest BCUT2D eigenvalue weighted by Gasteiger charge is -2.23. The molecule has 5 rings (SSSR count). The van der Waals surface area contributed by atoms with Crippen molar-refractivity contribution in [3.8, 4) is 6.07 Å². The fraction of sp³-hybridized carbons (Fsp3) is 0.200. The number of carbonyl (C=O) groups excluding carboxylic acids is 2. The molecule has 2 aromatic carbocycles. The van der Waals surface area contributed by atoms with Crippen LogP contribution in [0.15, 0.2) is 77.4 Å². The molecule has 184 valence electrons. The molecule has 0 spiro atoms. The van der Waals surface area contributed by atoms with Gasteiger partial charge in [-0.3, -0.25) is 4.79 Å². The van der Waals surface area contributed by atoms with E-state index >= 15 is 0 Å². The highest BCUT2D eigenvalue weighted by atomic mass is 16.5. The smallest absolute Gasteiger partial charge is 0.339 e. The lowest BCUT2D eigenvalue weighted by molar-refractivity contribution is -0.121. The Morgan fingerprint density at radius 3 is 2.65 bits per heavy atom. The minimum atomic E-state index is -0.559. The van der Waals surface area contributed by atoms with E-state index in [2.05, 4.69) is 6.07 Å². The summed E-state index contributed by atoms with van der Waals surface area (Å²) in [7, 11) is 0. The quantitative estimate of drug-likeness (QED) is 0.303. The van der Waals surface area contributed by atoms with E-state index in [0.29, 0.717) is 28.6 Å². The van der Waals surface area contributed by atoms with Crippen molar-refractivity contribution in [2.75, 3.05) is 18.1 Å². The number of hydrogen-bond acceptors (Lipinski definition) is 6. The first kappa shape index (κ1) is 24.0. The number of para-hydroxylation sites is 2. The van der Waals surface area contributed by atoms with Crippen molar-refractivity contribution in [3.05, 3.63) is 95.6 Å². The zero-order valence-electron chi connectivity index (χ0n) is 20.2. The second-order valence-corrected chi connectivity index (χ2v) is 8.73. The number of benzene rings is 2. The summed E-state index contributed by atoms with van der Waals surface area (Å²) in [6.45, 7) is -0.217. The van der Waals surface area contributed by atoms with Crippen molar-refractivity contribution in [1.82, 2.24) is 4.98 Å². The summed E-state index contributed by atoms with van der Waals surface area (Å²) < 4.78 is 11.1. The number of esters is 1. The van der Waals surface area contributed by atoms with E-state index in [9.17, 15) is 9.59 Å². The van der Waals surface area contributed by atoms with Gasteiger partial charge < -0.3 is 14.1 Å². The Kier molecular flexibility index (Phi) is 7.09. The van der Waals surface area contributed by atoms with Crippen LogP contribution >= 0.6 is 0 Å². The standard InChI is InChI=1S/C30H25N3O4/c31-16-8-17-33(22-10-2-1-3-11-22)27(34)20-37-30(35)28-24-13-4-5-15-26(24)32-29-21(9-6-14-25(28)29)19-23-12-7-18-36-23/h1-5,7,10-13,15,18-19H,6,8-9,14,17,20H2/b21-19-. The van der Waals surface area contributed by atoms with Crippen LogP contribution in [0.2, 0.25) is 0 Å². The predicted molar refractivity (Wildman–Crippen MR) is 141 cm³/mol. The van der Waals surface area contributed by atoms with Gasteiger partial charge in [-0.2, -0.15) is 5.26 Å². The number of ether oxygens (including phenoxy) is 1. The van der Waals surface area contributed by atoms with Gasteiger partial charge in [0.05, 0.1) is 35.5 Å². The van der Waals surface area contributed by atoms with Crippen molar-refractivity contribution < 1.29 is 18.7 Å². The molecule has 0 N–H and O–H groups in total. The van der Waals surface area contributed by atoms with Gasteiger partial charge in [-0.25, -0.2) is 9.78 Å². The molecule has 4 aromatic rings. The molecule has 0 radical (unpaired) electrons. The highest BCUT2D eigenvalue weighted by molar-refractivity contribution is 6.07. The van der Waals surface area contributed by atoms with Gasteiger partial charge in [0.15, 0.2) is 6.61 Å². The second-order valence-electron chi connectivity index (χ2n) is 8.73. The SMILES string of the molecule is N#CCCN(C(=O)COC(=O)c1c2c(nc3ccccc13)/C(=C\c1ccco1)CCC2)c1ccccc1. The lowest BCUT2D eigenvalue weighted by Crippen LogP contribution is -2.35. The highest BCUT2D eigenvalue weighted by Crippen LogP contribution is 2.36. The number of allylic oxidation sites excluding steroid dienone is 1. The molecule has 0 saturated heterocycles. The maximum atomic E-state index is 13.5. The molecule has 0 atom stereocenters. The number of rotatable bonds is 7. The van der Waals surface area contributed by atoms with Crippen LogP contribution in [0.5, 0.6) is 0 Å². The van der Waals surface area contributed by atoms with Crippen molar-refractivity contribution in [1.29, 1.82) is 5.26 Å². The number of nitriles is 1. The first-order valence-electron chi connectivity index (χ1n) is 12.2. The Labute approximate surface area is 214 Å². The van der Waals surface area contributed by atoms with E-state index in [1.165, 1.54) is 4.90 Å². The van der Waals surface area contributed by atoms with Gasteiger partial charge in [0.2, 0.25) is 0 Å². The topological polar surface area (TPSA) is 96.4 Å². The molecular formula is C30H25N3O4. The molecule has 7 nitrogen and oxygen atoms in total. The van der Waals surface area contributed by atoms with E-state index in [4.69, 9.17) is 19.4 Å². The van der Waals surface area contributed by atoms with Gasteiger partial charge in [0.1, 0.15) is 5.76 Å². The summed E-state index contributed by atoms with van der Waals surface area (Å²) in [5.74, 6) is -0.220. The predicted octanol–water partition coefficient (Wildman–Crippen LogP) is 5.81. The summed E-state index contributed by atoms with van der Waals surface area (Å²) in [5, 5.41) is 9.73. The van der Waals surface area contributed by atoms with Crippen LogP contribution in [-0.2, 0) is 16.0 Å². The minimum Gasteiger partial charge on any atom is -0.465 e. The van der Waals surface area contributed by atoms with Gasteiger partial charge in [-0.05, 0) is 66.8 Å². The second kappa shape index (κ2) is 10.9. The fourth-order valence-corrected chi connectivity index (χ4v) is 4.70. The monoisotopic (exact) mass is 491 g/mol. The molecule has 0 fully saturated rings. The van der Waals surface area contributed by atoms with Crippen LogP contribution in [0, 0.1) is 11.3 Å². The number of hydrogen-bond donors (Lipinski definition) is 0. The molecule has 0 bridgehead atoms. The molecule has 0 saturated carbocycles. The Hall–Kier alpha value is -4.70. The Bertz CT molecular complexity index is 1500. The van der Waals surface area contributed by atoms with Crippen molar-refractivity contribution >= 4 is 40.1 Å². The van der Waals surface area contributed by atoms with E-state index in [0.717, 1.165) is 35.4 Å². The van der Waals surface area contributed by atoms with Crippen LogP contribution in [0.1, 0.15) is 46.6 Å². The highest BCUT2D eigenvalue weighted by Gasteiger charge is 2.27. The summed E-state index contributed by atoms with van der Waals surface area (Å²) in [5.41, 5.74) is 4.37. The van der Waals surface area contributed by atoms with Crippen molar-refractivity contribution in [2.24, 2.45) is 0 Å². The minimum absolute atomic E-state index is 0.169. The maximum absolute atomic E-state index is 13.5. The molecule has 1 amide bonds. The van der Waals surface area contributed by atoms with Crippen LogP contribution in [-0.4, -0.2) is 30.0 Å². The number of carbonyl (C=O) groups is 2. The third-order valence-corrected chi connectivity index (χ3v) is 6.38. The molecular weight excluding hydrogens is 466 g/mol. The zero-order chi connectivity index (χ0) is 25.6. The molecule has 0 unspecified atom stereocenters. The van der Waals surface area contributed by atoms with E-state index in [-0.39, 0.29) is 18.9 Å². The molecule has 0 aliphatic heterocycles. The molecule has 2 heterocycles. The van der Waals surface area contributed by atoms with Gasteiger partial charge in [0, 0.05) is 17.6 Å². The van der Waals surface area contributed by atoms with E-state index < -0.39 is 12.6 Å². The first-order valence-corrected chi connectivity index (χ1v) is 12.2. The third-order valence-electron chi connectivity index (χ3n) is 6.38. The van der Waals surface area contributed by atoms with Gasteiger partial charge in [0.25, 0.3) is 5.91 Å².